The second-order valence-electron chi connectivity index (χ2n) is 12.6. The molecule has 3 fully saturated rings. The largest absolute Gasteiger partial charge is 0.494 e. The lowest BCUT2D eigenvalue weighted by molar-refractivity contribution is 0.00578. The first-order chi connectivity index (χ1) is 14.8. The monoisotopic (exact) mass is 456 g/mol. The molecular formula is C24H39B3O6. The minimum absolute atomic E-state index is 0.467. The molecule has 0 unspecified atom stereocenters. The van der Waals surface area contributed by atoms with Crippen LogP contribution in [0, 0.1) is 0 Å². The predicted molar refractivity (Wildman–Crippen MR) is 134 cm³/mol. The second-order valence-corrected chi connectivity index (χ2v) is 12.6. The molecule has 4 rings (SSSR count). The number of hydrogen-bond acceptors (Lipinski definition) is 6. The molecule has 0 radical (unpaired) electrons. The maximum absolute atomic E-state index is 6.51. The van der Waals surface area contributed by atoms with E-state index in [-0.39, 0.29) is 0 Å². The Morgan fingerprint density at radius 3 is 0.939 bits per heavy atom. The minimum atomic E-state index is -0.612. The third kappa shape index (κ3) is 3.93. The third-order valence-corrected chi connectivity index (χ3v) is 8.68. The summed E-state index contributed by atoms with van der Waals surface area (Å²) in [5.74, 6) is 0. The standard InChI is InChI=1S/C24H39B3O6/c1-19(2)20(3,4)29-25(28-19)16-14-13-15-17(26-30-21(5,6)22(7,8)31-26)18(16)27-32-23(9,10)24(11,12)33-27/h13-15H,1-12H3. The highest BCUT2D eigenvalue weighted by Crippen LogP contribution is 2.39. The van der Waals surface area contributed by atoms with Gasteiger partial charge in [0.05, 0.1) is 33.6 Å². The van der Waals surface area contributed by atoms with Crippen LogP contribution >= 0.6 is 0 Å². The van der Waals surface area contributed by atoms with Gasteiger partial charge in [0, 0.05) is 0 Å². The summed E-state index contributed by atoms with van der Waals surface area (Å²) in [5, 5.41) is 0. The molecular weight excluding hydrogens is 417 g/mol. The lowest BCUT2D eigenvalue weighted by atomic mass is 9.57. The average Bonchev–Trinajstić information content (AvgIpc) is 3.09. The predicted octanol–water partition coefficient (Wildman–Crippen LogP) is 2.58. The topological polar surface area (TPSA) is 55.4 Å². The Morgan fingerprint density at radius 1 is 0.424 bits per heavy atom. The Bertz CT molecular complexity index is 838. The molecule has 0 amide bonds. The first-order valence-electron chi connectivity index (χ1n) is 12.0. The lowest BCUT2D eigenvalue weighted by Crippen LogP contribution is -2.61. The Morgan fingerprint density at radius 2 is 0.667 bits per heavy atom. The summed E-state index contributed by atoms with van der Waals surface area (Å²) in [4.78, 5) is 0. The van der Waals surface area contributed by atoms with Crippen molar-refractivity contribution in [3.05, 3.63) is 18.2 Å². The maximum Gasteiger partial charge on any atom is 0.494 e. The average molecular weight is 456 g/mol. The van der Waals surface area contributed by atoms with Crippen molar-refractivity contribution in [2.24, 2.45) is 0 Å². The van der Waals surface area contributed by atoms with Gasteiger partial charge in [-0.1, -0.05) is 18.2 Å². The van der Waals surface area contributed by atoms with Gasteiger partial charge in [0.2, 0.25) is 0 Å². The van der Waals surface area contributed by atoms with E-state index in [4.69, 9.17) is 27.9 Å². The van der Waals surface area contributed by atoms with Crippen LogP contribution in [0.2, 0.25) is 0 Å². The van der Waals surface area contributed by atoms with E-state index < -0.39 is 55.0 Å². The molecule has 3 aliphatic rings. The number of hydrogen-bond donors (Lipinski definition) is 0. The van der Waals surface area contributed by atoms with Crippen LogP contribution in [-0.4, -0.2) is 55.0 Å². The number of rotatable bonds is 3. The van der Waals surface area contributed by atoms with Crippen LogP contribution in [0.1, 0.15) is 83.1 Å². The quantitative estimate of drug-likeness (QED) is 0.653. The van der Waals surface area contributed by atoms with Crippen molar-refractivity contribution in [3.8, 4) is 0 Å². The lowest BCUT2D eigenvalue weighted by Gasteiger charge is -2.32. The van der Waals surface area contributed by atoms with Crippen LogP contribution in [-0.2, 0) is 27.9 Å². The van der Waals surface area contributed by atoms with E-state index in [1.807, 2.05) is 18.2 Å². The highest BCUT2D eigenvalue weighted by atomic mass is 16.7. The fourth-order valence-corrected chi connectivity index (χ4v) is 4.19. The highest BCUT2D eigenvalue weighted by Gasteiger charge is 2.59. The van der Waals surface area contributed by atoms with Gasteiger partial charge in [-0.25, -0.2) is 0 Å². The van der Waals surface area contributed by atoms with Crippen molar-refractivity contribution in [2.75, 3.05) is 0 Å². The summed E-state index contributed by atoms with van der Waals surface area (Å²) >= 11 is 0. The molecule has 6 nitrogen and oxygen atoms in total. The van der Waals surface area contributed by atoms with Crippen molar-refractivity contribution >= 4 is 37.7 Å². The molecule has 0 aliphatic carbocycles. The van der Waals surface area contributed by atoms with Gasteiger partial charge in [0.1, 0.15) is 0 Å². The van der Waals surface area contributed by atoms with E-state index in [2.05, 4.69) is 83.1 Å². The van der Waals surface area contributed by atoms with Gasteiger partial charge in [0.25, 0.3) is 0 Å². The van der Waals surface area contributed by atoms with Gasteiger partial charge in [-0.3, -0.25) is 0 Å². The van der Waals surface area contributed by atoms with Gasteiger partial charge >= 0.3 is 21.4 Å². The summed E-state index contributed by atoms with van der Waals surface area (Å²) in [5.41, 5.74) is -0.249. The molecule has 9 heteroatoms. The zero-order valence-electron chi connectivity index (χ0n) is 22.4. The molecule has 0 bridgehead atoms. The van der Waals surface area contributed by atoms with Gasteiger partial charge in [-0.2, -0.15) is 0 Å². The molecule has 0 spiro atoms. The molecule has 180 valence electrons. The van der Waals surface area contributed by atoms with Crippen molar-refractivity contribution in [1.29, 1.82) is 0 Å². The molecule has 0 N–H and O–H groups in total. The fourth-order valence-electron chi connectivity index (χ4n) is 4.19. The summed E-state index contributed by atoms with van der Waals surface area (Å²) in [7, 11) is -1.74. The highest BCUT2D eigenvalue weighted by molar-refractivity contribution is 6.81. The van der Waals surface area contributed by atoms with E-state index in [0.717, 1.165) is 16.4 Å². The SMILES string of the molecule is CC1(C)OB(c2cccc(B3OC(C)(C)C(C)(C)O3)c2B2OC(C)(C)C(C)(C)O2)OC1(C)C. The Labute approximate surface area is 200 Å². The third-order valence-electron chi connectivity index (χ3n) is 8.68. The Balaban J connectivity index is 1.83. The normalized spacial score (nSPS) is 28.5. The molecule has 0 saturated carbocycles. The van der Waals surface area contributed by atoms with Crippen LogP contribution in [0.5, 0.6) is 0 Å². The molecule has 0 atom stereocenters. The van der Waals surface area contributed by atoms with Crippen LogP contribution in [0.4, 0.5) is 0 Å². The Hall–Kier alpha value is -0.825. The van der Waals surface area contributed by atoms with Gasteiger partial charge in [-0.15, -0.1) is 0 Å². The number of benzene rings is 1. The van der Waals surface area contributed by atoms with Crippen molar-refractivity contribution < 1.29 is 27.9 Å². The Kier molecular flexibility index (Phi) is 5.62. The molecule has 3 saturated heterocycles. The van der Waals surface area contributed by atoms with Gasteiger partial charge < -0.3 is 27.9 Å². The van der Waals surface area contributed by atoms with E-state index >= 15 is 0 Å². The zero-order valence-corrected chi connectivity index (χ0v) is 22.4. The first-order valence-corrected chi connectivity index (χ1v) is 12.0. The van der Waals surface area contributed by atoms with Gasteiger partial charge in [0.15, 0.2) is 0 Å². The summed E-state index contributed by atoms with van der Waals surface area (Å²) < 4.78 is 38.8. The van der Waals surface area contributed by atoms with E-state index in [0.29, 0.717) is 0 Å². The van der Waals surface area contributed by atoms with Crippen molar-refractivity contribution in [2.45, 2.75) is 117 Å². The summed E-state index contributed by atoms with van der Waals surface area (Å²) in [6.45, 7) is 24.7. The zero-order chi connectivity index (χ0) is 24.8. The molecule has 1 aromatic carbocycles. The summed E-state index contributed by atoms with van der Waals surface area (Å²) in [6, 6.07) is 6.05. The van der Waals surface area contributed by atoms with Crippen LogP contribution in [0.3, 0.4) is 0 Å². The summed E-state index contributed by atoms with van der Waals surface area (Å²) in [6.07, 6.45) is 0. The van der Waals surface area contributed by atoms with Crippen LogP contribution in [0.15, 0.2) is 18.2 Å². The van der Waals surface area contributed by atoms with Crippen molar-refractivity contribution in [1.82, 2.24) is 0 Å². The minimum Gasteiger partial charge on any atom is -0.399 e. The van der Waals surface area contributed by atoms with Crippen molar-refractivity contribution in [3.63, 3.8) is 0 Å². The molecule has 33 heavy (non-hydrogen) atoms. The van der Waals surface area contributed by atoms with Crippen LogP contribution < -0.4 is 16.4 Å². The van der Waals surface area contributed by atoms with E-state index in [1.165, 1.54) is 0 Å². The smallest absolute Gasteiger partial charge is 0.399 e. The van der Waals surface area contributed by atoms with Crippen LogP contribution in [0.25, 0.3) is 0 Å². The molecule has 0 aromatic heterocycles. The fraction of sp³-hybridized carbons (Fsp3) is 0.750. The van der Waals surface area contributed by atoms with E-state index in [1.54, 1.807) is 0 Å². The maximum atomic E-state index is 6.51. The first kappa shape index (κ1) is 25.3. The van der Waals surface area contributed by atoms with Gasteiger partial charge in [-0.05, 0) is 99.5 Å². The molecule has 3 aliphatic heterocycles. The molecule has 3 heterocycles. The molecule has 1 aromatic rings. The second kappa shape index (κ2) is 7.34. The van der Waals surface area contributed by atoms with E-state index in [9.17, 15) is 0 Å².